The maximum absolute atomic E-state index is 12.6. The Labute approximate surface area is 94.2 Å². The quantitative estimate of drug-likeness (QED) is 0.688. The SMILES string of the molecule is N#CC(O)C(O)c1ccc(O)cc1C(F)(F)F. The summed E-state index contributed by atoms with van der Waals surface area (Å²) in [5, 5.41) is 35.7. The van der Waals surface area contributed by atoms with E-state index in [9.17, 15) is 18.3 Å². The molecule has 92 valence electrons. The minimum absolute atomic E-state index is 0.419. The van der Waals surface area contributed by atoms with Gasteiger partial charge in [0.15, 0.2) is 6.10 Å². The van der Waals surface area contributed by atoms with E-state index in [2.05, 4.69) is 0 Å². The van der Waals surface area contributed by atoms with Crippen molar-refractivity contribution in [3.05, 3.63) is 29.3 Å². The van der Waals surface area contributed by atoms with E-state index in [0.29, 0.717) is 6.07 Å². The summed E-state index contributed by atoms with van der Waals surface area (Å²) in [4.78, 5) is 0. The molecule has 0 amide bonds. The summed E-state index contributed by atoms with van der Waals surface area (Å²) in [6, 6.07) is 3.39. The van der Waals surface area contributed by atoms with Gasteiger partial charge >= 0.3 is 6.18 Å². The average molecular weight is 247 g/mol. The number of hydrogen-bond acceptors (Lipinski definition) is 4. The first kappa shape index (κ1) is 13.3. The number of alkyl halides is 3. The molecule has 0 aromatic heterocycles. The van der Waals surface area contributed by atoms with Crippen LogP contribution < -0.4 is 0 Å². The molecule has 17 heavy (non-hydrogen) atoms. The summed E-state index contributed by atoms with van der Waals surface area (Å²) < 4.78 is 37.7. The van der Waals surface area contributed by atoms with Crippen molar-refractivity contribution in [3.63, 3.8) is 0 Å². The van der Waals surface area contributed by atoms with E-state index in [1.165, 1.54) is 6.07 Å². The number of halogens is 3. The van der Waals surface area contributed by atoms with Crippen LogP contribution in [0.15, 0.2) is 18.2 Å². The van der Waals surface area contributed by atoms with Crippen molar-refractivity contribution in [2.45, 2.75) is 18.4 Å². The second-order valence-electron chi connectivity index (χ2n) is 3.29. The minimum Gasteiger partial charge on any atom is -0.508 e. The van der Waals surface area contributed by atoms with Crippen molar-refractivity contribution in [1.29, 1.82) is 5.26 Å². The molecule has 0 saturated heterocycles. The summed E-state index contributed by atoms with van der Waals surface area (Å²) in [6.45, 7) is 0. The zero-order valence-corrected chi connectivity index (χ0v) is 8.31. The molecule has 0 aliphatic carbocycles. The first-order chi connectivity index (χ1) is 7.77. The standard InChI is InChI=1S/C10H8F3NO3/c11-10(12,13)7-3-5(15)1-2-6(7)9(17)8(16)4-14/h1-3,8-9,15-17H. The van der Waals surface area contributed by atoms with Crippen LogP contribution in [0.25, 0.3) is 0 Å². The van der Waals surface area contributed by atoms with Crippen molar-refractivity contribution in [3.8, 4) is 11.8 Å². The molecule has 7 heteroatoms. The summed E-state index contributed by atoms with van der Waals surface area (Å²) in [5.41, 5.74) is -1.95. The number of rotatable bonds is 2. The third-order valence-corrected chi connectivity index (χ3v) is 2.09. The fourth-order valence-corrected chi connectivity index (χ4v) is 1.29. The van der Waals surface area contributed by atoms with Crippen molar-refractivity contribution < 1.29 is 28.5 Å². The molecule has 0 saturated carbocycles. The first-order valence-corrected chi connectivity index (χ1v) is 4.43. The summed E-state index contributed by atoms with van der Waals surface area (Å²) in [5.74, 6) is -0.625. The molecule has 1 rings (SSSR count). The smallest absolute Gasteiger partial charge is 0.416 e. The molecule has 2 unspecified atom stereocenters. The van der Waals surface area contributed by atoms with E-state index < -0.39 is 35.3 Å². The second kappa shape index (κ2) is 4.61. The van der Waals surface area contributed by atoms with Gasteiger partial charge in [0.2, 0.25) is 0 Å². The van der Waals surface area contributed by atoms with Crippen LogP contribution in [-0.2, 0) is 6.18 Å². The van der Waals surface area contributed by atoms with Crippen LogP contribution in [-0.4, -0.2) is 21.4 Å². The van der Waals surface area contributed by atoms with Crippen LogP contribution in [0.3, 0.4) is 0 Å². The molecule has 1 aromatic carbocycles. The van der Waals surface area contributed by atoms with Gasteiger partial charge in [0, 0.05) is 0 Å². The molecule has 0 spiro atoms. The summed E-state index contributed by atoms with van der Waals surface area (Å²) >= 11 is 0. The number of aliphatic hydroxyl groups is 2. The van der Waals surface area contributed by atoms with Gasteiger partial charge in [-0.1, -0.05) is 6.07 Å². The molecule has 4 nitrogen and oxygen atoms in total. The van der Waals surface area contributed by atoms with E-state index in [1.807, 2.05) is 0 Å². The van der Waals surface area contributed by atoms with E-state index in [4.69, 9.17) is 15.5 Å². The highest BCUT2D eigenvalue weighted by atomic mass is 19.4. The number of aliphatic hydroxyl groups excluding tert-OH is 2. The van der Waals surface area contributed by atoms with Crippen LogP contribution in [0.4, 0.5) is 13.2 Å². The van der Waals surface area contributed by atoms with Crippen molar-refractivity contribution >= 4 is 0 Å². The lowest BCUT2D eigenvalue weighted by Gasteiger charge is -2.18. The van der Waals surface area contributed by atoms with Crippen LogP contribution >= 0.6 is 0 Å². The molecular weight excluding hydrogens is 239 g/mol. The maximum atomic E-state index is 12.6. The van der Waals surface area contributed by atoms with Gasteiger partial charge in [-0.05, 0) is 17.7 Å². The van der Waals surface area contributed by atoms with Crippen molar-refractivity contribution in [2.75, 3.05) is 0 Å². The number of nitriles is 1. The maximum Gasteiger partial charge on any atom is 0.416 e. The fraction of sp³-hybridized carbons (Fsp3) is 0.300. The van der Waals surface area contributed by atoms with Gasteiger partial charge < -0.3 is 15.3 Å². The normalized spacial score (nSPS) is 15.1. The Balaban J connectivity index is 3.30. The van der Waals surface area contributed by atoms with E-state index in [1.54, 1.807) is 0 Å². The fourth-order valence-electron chi connectivity index (χ4n) is 1.29. The number of benzene rings is 1. The molecule has 0 heterocycles. The third kappa shape index (κ3) is 2.87. The van der Waals surface area contributed by atoms with Crippen LogP contribution in [0.1, 0.15) is 17.2 Å². The number of phenolic OH excluding ortho intramolecular Hbond substituents is 1. The van der Waals surface area contributed by atoms with Gasteiger partial charge in [-0.2, -0.15) is 18.4 Å². The van der Waals surface area contributed by atoms with Gasteiger partial charge in [0.25, 0.3) is 0 Å². The van der Waals surface area contributed by atoms with Crippen molar-refractivity contribution in [2.24, 2.45) is 0 Å². The van der Waals surface area contributed by atoms with Gasteiger partial charge in [0.1, 0.15) is 11.9 Å². The van der Waals surface area contributed by atoms with E-state index in [0.717, 1.165) is 12.1 Å². The average Bonchev–Trinajstić information content (AvgIpc) is 2.25. The monoisotopic (exact) mass is 247 g/mol. The summed E-state index contributed by atoms with van der Waals surface area (Å²) in [7, 11) is 0. The number of nitrogens with zero attached hydrogens (tertiary/aromatic N) is 1. The van der Waals surface area contributed by atoms with Crippen LogP contribution in [0, 0.1) is 11.3 Å². The van der Waals surface area contributed by atoms with Gasteiger partial charge in [0.05, 0.1) is 11.6 Å². The highest BCUT2D eigenvalue weighted by Gasteiger charge is 2.36. The molecule has 0 radical (unpaired) electrons. The molecule has 0 fully saturated rings. The Bertz CT molecular complexity index is 453. The highest BCUT2D eigenvalue weighted by molar-refractivity contribution is 5.39. The predicted molar refractivity (Wildman–Crippen MR) is 49.7 cm³/mol. The second-order valence-corrected chi connectivity index (χ2v) is 3.29. The number of aromatic hydroxyl groups is 1. The van der Waals surface area contributed by atoms with Crippen LogP contribution in [0.5, 0.6) is 5.75 Å². The number of phenols is 1. The molecule has 1 aromatic rings. The minimum atomic E-state index is -4.80. The Morgan fingerprint density at radius 3 is 2.29 bits per heavy atom. The lowest BCUT2D eigenvalue weighted by molar-refractivity contribution is -0.139. The Morgan fingerprint density at radius 1 is 1.24 bits per heavy atom. The van der Waals surface area contributed by atoms with Crippen LogP contribution in [0.2, 0.25) is 0 Å². The van der Waals surface area contributed by atoms with Gasteiger partial charge in [-0.25, -0.2) is 0 Å². The molecular formula is C10H8F3NO3. The highest BCUT2D eigenvalue weighted by Crippen LogP contribution is 2.37. The molecule has 2 atom stereocenters. The zero-order valence-electron chi connectivity index (χ0n) is 8.31. The number of hydrogen-bond donors (Lipinski definition) is 3. The predicted octanol–water partition coefficient (Wildman–Crippen LogP) is 1.33. The summed E-state index contributed by atoms with van der Waals surface area (Å²) in [6.07, 6.45) is -8.76. The Morgan fingerprint density at radius 2 is 1.82 bits per heavy atom. The lowest BCUT2D eigenvalue weighted by atomic mass is 9.98. The molecule has 0 bridgehead atoms. The van der Waals surface area contributed by atoms with Gasteiger partial charge in [-0.15, -0.1) is 0 Å². The van der Waals surface area contributed by atoms with E-state index in [-0.39, 0.29) is 0 Å². The van der Waals surface area contributed by atoms with Gasteiger partial charge in [-0.3, -0.25) is 0 Å². The first-order valence-electron chi connectivity index (χ1n) is 4.43. The Kier molecular flexibility index (Phi) is 3.60. The molecule has 0 aliphatic heterocycles. The molecule has 0 aliphatic rings. The lowest BCUT2D eigenvalue weighted by Crippen LogP contribution is -2.20. The topological polar surface area (TPSA) is 84.5 Å². The molecule has 3 N–H and O–H groups in total. The Hall–Kier alpha value is -1.78. The third-order valence-electron chi connectivity index (χ3n) is 2.09. The van der Waals surface area contributed by atoms with Crippen molar-refractivity contribution in [1.82, 2.24) is 0 Å². The largest absolute Gasteiger partial charge is 0.508 e. The zero-order chi connectivity index (χ0) is 13.2. The van der Waals surface area contributed by atoms with E-state index >= 15 is 0 Å².